The largest absolute Gasteiger partial charge is 0.497 e. The highest BCUT2D eigenvalue weighted by Gasteiger charge is 2.40. The normalized spacial score (nSPS) is 15.7. The minimum atomic E-state index is -0.836. The van der Waals surface area contributed by atoms with E-state index in [9.17, 15) is 9.59 Å². The van der Waals surface area contributed by atoms with E-state index >= 15 is 0 Å². The molecular formula is C24H26N4O3. The van der Waals surface area contributed by atoms with E-state index in [1.54, 1.807) is 42.6 Å². The topological polar surface area (TPSA) is 76.5 Å². The fraction of sp³-hybridized carbons (Fsp3) is 0.292. The maximum atomic E-state index is 13.4. The molecule has 2 amide bonds. The molecule has 0 saturated heterocycles. The average molecular weight is 418 g/mol. The molecule has 3 aromatic rings. The first-order valence-electron chi connectivity index (χ1n) is 10.3. The summed E-state index contributed by atoms with van der Waals surface area (Å²) in [4.78, 5) is 32.7. The first kappa shape index (κ1) is 20.7. The van der Waals surface area contributed by atoms with Crippen molar-refractivity contribution in [1.82, 2.24) is 9.55 Å². The van der Waals surface area contributed by atoms with E-state index in [4.69, 9.17) is 4.74 Å². The Balaban J connectivity index is 1.65. The molecule has 0 aliphatic carbocycles. The van der Waals surface area contributed by atoms with E-state index in [0.29, 0.717) is 30.2 Å². The van der Waals surface area contributed by atoms with Gasteiger partial charge in [0.05, 0.1) is 25.7 Å². The molecule has 2 aromatic carbocycles. The number of fused-ring (bicyclic) bond motifs is 1. The van der Waals surface area contributed by atoms with Gasteiger partial charge in [-0.1, -0.05) is 36.4 Å². The van der Waals surface area contributed by atoms with Gasteiger partial charge in [0.2, 0.25) is 11.8 Å². The van der Waals surface area contributed by atoms with Crippen LogP contribution in [0.15, 0.2) is 60.9 Å². The second-order valence-corrected chi connectivity index (χ2v) is 7.90. The summed E-state index contributed by atoms with van der Waals surface area (Å²) in [6, 6.07) is 17.0. The molecule has 7 heteroatoms. The van der Waals surface area contributed by atoms with Gasteiger partial charge in [0, 0.05) is 24.2 Å². The summed E-state index contributed by atoms with van der Waals surface area (Å²) in [5.74, 6) is -0.146. The SMILES string of the molecule is COc1cccc(NC(=O)[C@@H]2Cc3c(ncn3C(C)C)N(Cc3ccccc3)C2=O)c1. The van der Waals surface area contributed by atoms with Gasteiger partial charge in [0.15, 0.2) is 5.82 Å². The third-order valence-corrected chi connectivity index (χ3v) is 5.49. The van der Waals surface area contributed by atoms with Gasteiger partial charge in [-0.05, 0) is 31.5 Å². The molecule has 1 N–H and O–H groups in total. The lowest BCUT2D eigenvalue weighted by molar-refractivity contribution is -0.131. The maximum Gasteiger partial charge on any atom is 0.241 e. The standard InChI is InChI=1S/C24H26N4O3/c1-16(2)28-15-25-22-21(28)13-20(23(29)26-18-10-7-11-19(12-18)31-3)24(30)27(22)14-17-8-5-4-6-9-17/h4-12,15-16,20H,13-14H2,1-3H3,(H,26,29)/t20-/m0/s1. The minimum Gasteiger partial charge on any atom is -0.497 e. The van der Waals surface area contributed by atoms with Crippen molar-refractivity contribution in [1.29, 1.82) is 0 Å². The number of carbonyl (C=O) groups excluding carboxylic acids is 2. The second-order valence-electron chi connectivity index (χ2n) is 7.90. The molecule has 4 rings (SSSR count). The molecule has 0 saturated carbocycles. The van der Waals surface area contributed by atoms with Crippen LogP contribution >= 0.6 is 0 Å². The van der Waals surface area contributed by atoms with Crippen LogP contribution in [0.2, 0.25) is 0 Å². The molecule has 1 atom stereocenters. The third kappa shape index (κ3) is 4.17. The monoisotopic (exact) mass is 418 g/mol. The number of hydrogen-bond acceptors (Lipinski definition) is 4. The number of imidazole rings is 1. The van der Waals surface area contributed by atoms with E-state index < -0.39 is 5.92 Å². The zero-order chi connectivity index (χ0) is 22.0. The number of methoxy groups -OCH3 is 1. The first-order chi connectivity index (χ1) is 15.0. The Hall–Kier alpha value is -3.61. The summed E-state index contributed by atoms with van der Waals surface area (Å²) < 4.78 is 7.26. The van der Waals surface area contributed by atoms with Crippen LogP contribution in [0.25, 0.3) is 0 Å². The number of nitrogens with zero attached hydrogens (tertiary/aromatic N) is 3. The number of rotatable bonds is 6. The number of anilines is 2. The first-order valence-corrected chi connectivity index (χ1v) is 10.3. The summed E-state index contributed by atoms with van der Waals surface area (Å²) in [6.07, 6.45) is 2.07. The van der Waals surface area contributed by atoms with E-state index in [2.05, 4.69) is 24.1 Å². The van der Waals surface area contributed by atoms with Gasteiger partial charge in [-0.2, -0.15) is 0 Å². The zero-order valence-electron chi connectivity index (χ0n) is 17.9. The highest BCUT2D eigenvalue weighted by atomic mass is 16.5. The van der Waals surface area contributed by atoms with Gasteiger partial charge in [-0.3, -0.25) is 14.5 Å². The van der Waals surface area contributed by atoms with Crippen molar-refractivity contribution in [2.45, 2.75) is 32.9 Å². The molecule has 31 heavy (non-hydrogen) atoms. The molecule has 0 spiro atoms. The van der Waals surface area contributed by atoms with Crippen LogP contribution in [0.1, 0.15) is 31.1 Å². The Morgan fingerprint density at radius 1 is 1.19 bits per heavy atom. The molecule has 2 heterocycles. The van der Waals surface area contributed by atoms with Gasteiger partial charge in [0.1, 0.15) is 11.7 Å². The van der Waals surface area contributed by atoms with E-state index in [1.165, 1.54) is 0 Å². The number of aromatic nitrogens is 2. The Morgan fingerprint density at radius 3 is 2.68 bits per heavy atom. The van der Waals surface area contributed by atoms with E-state index in [1.807, 2.05) is 34.9 Å². The lowest BCUT2D eigenvalue weighted by Gasteiger charge is -2.32. The molecule has 0 unspecified atom stereocenters. The Kier molecular flexibility index (Phi) is 5.75. The number of carbonyl (C=O) groups is 2. The van der Waals surface area contributed by atoms with Crippen LogP contribution < -0.4 is 15.0 Å². The summed E-state index contributed by atoms with van der Waals surface area (Å²) in [6.45, 7) is 4.49. The molecule has 1 aliphatic heterocycles. The van der Waals surface area contributed by atoms with Crippen LogP contribution in [0.3, 0.4) is 0 Å². The van der Waals surface area contributed by atoms with Gasteiger partial charge in [-0.25, -0.2) is 4.98 Å². The van der Waals surface area contributed by atoms with Crippen molar-refractivity contribution < 1.29 is 14.3 Å². The quantitative estimate of drug-likeness (QED) is 0.618. The minimum absolute atomic E-state index is 0.171. The fourth-order valence-electron chi connectivity index (χ4n) is 3.87. The van der Waals surface area contributed by atoms with Gasteiger partial charge in [-0.15, -0.1) is 0 Å². The summed E-state index contributed by atoms with van der Waals surface area (Å²) >= 11 is 0. The molecular weight excluding hydrogens is 392 g/mol. The Bertz CT molecular complexity index is 1090. The predicted octanol–water partition coefficient (Wildman–Crippen LogP) is 3.82. The molecule has 1 aromatic heterocycles. The molecule has 7 nitrogen and oxygen atoms in total. The number of hydrogen-bond donors (Lipinski definition) is 1. The van der Waals surface area contributed by atoms with Crippen LogP contribution in [0.5, 0.6) is 5.75 Å². The molecule has 0 bridgehead atoms. The van der Waals surface area contributed by atoms with Crippen LogP contribution in [0, 0.1) is 5.92 Å². The average Bonchev–Trinajstić information content (AvgIpc) is 3.20. The molecule has 0 radical (unpaired) electrons. The van der Waals surface area contributed by atoms with Crippen LogP contribution in [-0.4, -0.2) is 28.5 Å². The van der Waals surface area contributed by atoms with E-state index in [0.717, 1.165) is 11.3 Å². The van der Waals surface area contributed by atoms with Crippen molar-refractivity contribution in [3.8, 4) is 5.75 Å². The molecule has 160 valence electrons. The lowest BCUT2D eigenvalue weighted by atomic mass is 9.95. The molecule has 0 fully saturated rings. The van der Waals surface area contributed by atoms with Crippen molar-refractivity contribution in [3.05, 3.63) is 72.2 Å². The number of amides is 2. The van der Waals surface area contributed by atoms with Crippen molar-refractivity contribution in [3.63, 3.8) is 0 Å². The van der Waals surface area contributed by atoms with Gasteiger partial charge < -0.3 is 14.6 Å². The third-order valence-electron chi connectivity index (χ3n) is 5.49. The zero-order valence-corrected chi connectivity index (χ0v) is 17.9. The highest BCUT2D eigenvalue weighted by Crippen LogP contribution is 2.33. The maximum absolute atomic E-state index is 13.4. The smallest absolute Gasteiger partial charge is 0.241 e. The summed E-state index contributed by atoms with van der Waals surface area (Å²) in [7, 11) is 1.57. The van der Waals surface area contributed by atoms with Crippen molar-refractivity contribution in [2.24, 2.45) is 5.92 Å². The van der Waals surface area contributed by atoms with Gasteiger partial charge in [0.25, 0.3) is 0 Å². The van der Waals surface area contributed by atoms with Crippen molar-refractivity contribution >= 4 is 23.3 Å². The highest BCUT2D eigenvalue weighted by molar-refractivity contribution is 6.13. The van der Waals surface area contributed by atoms with Crippen LogP contribution in [-0.2, 0) is 22.6 Å². The fourth-order valence-corrected chi connectivity index (χ4v) is 3.87. The summed E-state index contributed by atoms with van der Waals surface area (Å²) in [5, 5.41) is 2.88. The Labute approximate surface area is 181 Å². The predicted molar refractivity (Wildman–Crippen MR) is 119 cm³/mol. The van der Waals surface area contributed by atoms with Gasteiger partial charge >= 0.3 is 0 Å². The summed E-state index contributed by atoms with van der Waals surface area (Å²) in [5.41, 5.74) is 2.47. The second kappa shape index (κ2) is 8.63. The number of nitrogens with one attached hydrogen (secondary N) is 1. The van der Waals surface area contributed by atoms with Crippen LogP contribution in [0.4, 0.5) is 11.5 Å². The lowest BCUT2D eigenvalue weighted by Crippen LogP contribution is -2.46. The van der Waals surface area contributed by atoms with E-state index in [-0.39, 0.29) is 17.9 Å². The number of benzene rings is 2. The van der Waals surface area contributed by atoms with Crippen molar-refractivity contribution in [2.75, 3.05) is 17.3 Å². The number of ether oxygens (including phenoxy) is 1. The molecule has 1 aliphatic rings. The Morgan fingerprint density at radius 2 is 1.97 bits per heavy atom.